The summed E-state index contributed by atoms with van der Waals surface area (Å²) in [5.41, 5.74) is 1.09. The molecule has 5 heteroatoms. The number of aliphatic hydroxyl groups excluding tert-OH is 1. The van der Waals surface area contributed by atoms with E-state index in [0.29, 0.717) is 12.8 Å². The summed E-state index contributed by atoms with van der Waals surface area (Å²) in [7, 11) is 2.09. The lowest BCUT2D eigenvalue weighted by Crippen LogP contribution is -2.58. The average molecular weight is 264 g/mol. The number of benzene rings is 1. The van der Waals surface area contributed by atoms with Crippen LogP contribution in [0.15, 0.2) is 18.2 Å². The van der Waals surface area contributed by atoms with E-state index in [2.05, 4.69) is 23.8 Å². The van der Waals surface area contributed by atoms with Crippen LogP contribution in [0, 0.1) is 0 Å². The van der Waals surface area contributed by atoms with E-state index < -0.39 is 0 Å². The summed E-state index contributed by atoms with van der Waals surface area (Å²) in [6.45, 7) is 4.49. The van der Waals surface area contributed by atoms with Crippen molar-refractivity contribution in [2.45, 2.75) is 19.0 Å². The highest BCUT2D eigenvalue weighted by Gasteiger charge is 2.31. The number of rotatable bonds is 2. The number of fused-ring (bicyclic) bond motifs is 1. The van der Waals surface area contributed by atoms with Crippen LogP contribution in [0.4, 0.5) is 5.69 Å². The van der Waals surface area contributed by atoms with Crippen LogP contribution >= 0.6 is 0 Å². The second kappa shape index (κ2) is 4.90. The smallest absolute Gasteiger partial charge is 0.231 e. The first-order valence-electron chi connectivity index (χ1n) is 6.66. The zero-order valence-corrected chi connectivity index (χ0v) is 11.4. The number of hydrogen-bond acceptors (Lipinski definition) is 5. The molecular weight excluding hydrogens is 244 g/mol. The number of hydrogen-bond donors (Lipinski definition) is 1. The zero-order chi connectivity index (χ0) is 13.4. The summed E-state index contributed by atoms with van der Waals surface area (Å²) in [5, 5.41) is 9.63. The Kier molecular flexibility index (Phi) is 3.24. The molecule has 1 aromatic carbocycles. The maximum absolute atomic E-state index is 9.63. The van der Waals surface area contributed by atoms with E-state index in [9.17, 15) is 5.11 Å². The molecule has 1 aromatic rings. The van der Waals surface area contributed by atoms with E-state index in [0.717, 1.165) is 30.3 Å². The van der Waals surface area contributed by atoms with Gasteiger partial charge in [-0.3, -0.25) is 0 Å². The fraction of sp³-hybridized carbons (Fsp3) is 0.571. The monoisotopic (exact) mass is 264 g/mol. The minimum Gasteiger partial charge on any atom is -0.454 e. The van der Waals surface area contributed by atoms with Crippen LogP contribution in [0.1, 0.15) is 6.92 Å². The van der Waals surface area contributed by atoms with Crippen molar-refractivity contribution in [3.8, 4) is 11.5 Å². The molecule has 1 saturated heterocycles. The molecule has 1 fully saturated rings. The third-order valence-corrected chi connectivity index (χ3v) is 3.83. The molecule has 104 valence electrons. The second-order valence-electron chi connectivity index (χ2n) is 5.35. The predicted octanol–water partition coefficient (Wildman–Crippen LogP) is 0.916. The van der Waals surface area contributed by atoms with Crippen molar-refractivity contribution >= 4 is 5.69 Å². The quantitative estimate of drug-likeness (QED) is 0.860. The molecule has 5 nitrogen and oxygen atoms in total. The average Bonchev–Trinajstić information content (AvgIpc) is 2.84. The van der Waals surface area contributed by atoms with Gasteiger partial charge in [-0.1, -0.05) is 0 Å². The minimum absolute atomic E-state index is 0.120. The number of aliphatic hydroxyl groups is 1. The fourth-order valence-electron chi connectivity index (χ4n) is 3.08. The standard InChI is InChI=1S/C14H20N2O3/c1-10-6-15(2)7-12(8-17)16(10)11-3-4-13-14(5-11)19-9-18-13/h3-5,10,12,17H,6-9H2,1-2H3. The third kappa shape index (κ3) is 2.24. The van der Waals surface area contributed by atoms with Gasteiger partial charge in [-0.25, -0.2) is 0 Å². The van der Waals surface area contributed by atoms with Crippen LogP contribution in [-0.2, 0) is 0 Å². The molecule has 0 aromatic heterocycles. The summed E-state index contributed by atoms with van der Waals surface area (Å²) >= 11 is 0. The van der Waals surface area contributed by atoms with Crippen LogP contribution in [0.3, 0.4) is 0 Å². The van der Waals surface area contributed by atoms with Crippen LogP contribution in [0.2, 0.25) is 0 Å². The van der Waals surface area contributed by atoms with Crippen LogP contribution < -0.4 is 14.4 Å². The first-order valence-corrected chi connectivity index (χ1v) is 6.66. The maximum Gasteiger partial charge on any atom is 0.231 e. The third-order valence-electron chi connectivity index (χ3n) is 3.83. The van der Waals surface area contributed by atoms with Gasteiger partial charge in [0, 0.05) is 30.9 Å². The first kappa shape index (κ1) is 12.6. The number of anilines is 1. The van der Waals surface area contributed by atoms with Gasteiger partial charge in [0.1, 0.15) is 0 Å². The minimum atomic E-state index is 0.120. The van der Waals surface area contributed by atoms with Gasteiger partial charge in [-0.15, -0.1) is 0 Å². The van der Waals surface area contributed by atoms with E-state index in [1.54, 1.807) is 0 Å². The van der Waals surface area contributed by atoms with Gasteiger partial charge in [0.05, 0.1) is 12.6 Å². The van der Waals surface area contributed by atoms with E-state index in [-0.39, 0.29) is 12.6 Å². The molecule has 1 N–H and O–H groups in total. The Labute approximate surface area is 113 Å². The molecule has 19 heavy (non-hydrogen) atoms. The van der Waals surface area contributed by atoms with Crippen LogP contribution in [0.5, 0.6) is 11.5 Å². The van der Waals surface area contributed by atoms with E-state index in [1.807, 2.05) is 18.2 Å². The van der Waals surface area contributed by atoms with Crippen molar-refractivity contribution in [3.05, 3.63) is 18.2 Å². The molecule has 2 aliphatic heterocycles. The number of piperazine rings is 1. The van der Waals surface area contributed by atoms with Gasteiger partial charge in [-0.2, -0.15) is 0 Å². The Balaban J connectivity index is 1.90. The maximum atomic E-state index is 9.63. The summed E-state index contributed by atoms with van der Waals surface area (Å²) in [5.74, 6) is 1.59. The Hall–Kier alpha value is -1.46. The van der Waals surface area contributed by atoms with Gasteiger partial charge in [0.25, 0.3) is 0 Å². The van der Waals surface area contributed by atoms with Crippen molar-refractivity contribution in [3.63, 3.8) is 0 Å². The normalized spacial score (nSPS) is 26.8. The molecule has 0 aliphatic carbocycles. The summed E-state index contributed by atoms with van der Waals surface area (Å²) < 4.78 is 10.8. The Morgan fingerprint density at radius 1 is 1.26 bits per heavy atom. The molecular formula is C14H20N2O3. The van der Waals surface area contributed by atoms with Crippen LogP contribution in [0.25, 0.3) is 0 Å². The van der Waals surface area contributed by atoms with Gasteiger partial charge in [0.2, 0.25) is 6.79 Å². The second-order valence-corrected chi connectivity index (χ2v) is 5.35. The molecule has 3 rings (SSSR count). The molecule has 2 heterocycles. The molecule has 2 atom stereocenters. The highest BCUT2D eigenvalue weighted by molar-refractivity contribution is 5.58. The van der Waals surface area contributed by atoms with E-state index in [4.69, 9.17) is 9.47 Å². The highest BCUT2D eigenvalue weighted by atomic mass is 16.7. The molecule has 0 spiro atoms. The first-order chi connectivity index (χ1) is 9.19. The van der Waals surface area contributed by atoms with Crippen molar-refractivity contribution in [1.29, 1.82) is 0 Å². The molecule has 0 saturated carbocycles. The topological polar surface area (TPSA) is 45.2 Å². The van der Waals surface area contributed by atoms with Crippen molar-refractivity contribution in [2.24, 2.45) is 0 Å². The molecule has 2 aliphatic rings. The Morgan fingerprint density at radius 2 is 2.05 bits per heavy atom. The molecule has 0 amide bonds. The van der Waals surface area contributed by atoms with Gasteiger partial charge in [-0.05, 0) is 26.1 Å². The van der Waals surface area contributed by atoms with Gasteiger partial charge < -0.3 is 24.4 Å². The summed E-state index contributed by atoms with van der Waals surface area (Å²) in [6.07, 6.45) is 0. The molecule has 2 unspecified atom stereocenters. The summed E-state index contributed by atoms with van der Waals surface area (Å²) in [4.78, 5) is 4.54. The fourth-order valence-corrected chi connectivity index (χ4v) is 3.08. The predicted molar refractivity (Wildman–Crippen MR) is 72.9 cm³/mol. The van der Waals surface area contributed by atoms with Crippen molar-refractivity contribution in [2.75, 3.05) is 38.4 Å². The van der Waals surface area contributed by atoms with Crippen LogP contribution in [-0.4, -0.2) is 55.6 Å². The number of ether oxygens (including phenoxy) is 2. The van der Waals surface area contributed by atoms with E-state index in [1.165, 1.54) is 0 Å². The lowest BCUT2D eigenvalue weighted by molar-refractivity contribution is 0.170. The number of nitrogens with zero attached hydrogens (tertiary/aromatic N) is 2. The largest absolute Gasteiger partial charge is 0.454 e. The van der Waals surface area contributed by atoms with Gasteiger partial charge >= 0.3 is 0 Å². The van der Waals surface area contributed by atoms with E-state index >= 15 is 0 Å². The highest BCUT2D eigenvalue weighted by Crippen LogP contribution is 2.37. The number of likely N-dealkylation sites (N-methyl/N-ethyl adjacent to an activating group) is 1. The lowest BCUT2D eigenvalue weighted by atomic mass is 10.1. The zero-order valence-electron chi connectivity index (χ0n) is 11.4. The Bertz CT molecular complexity index is 466. The Morgan fingerprint density at radius 3 is 2.84 bits per heavy atom. The van der Waals surface area contributed by atoms with Gasteiger partial charge in [0.15, 0.2) is 11.5 Å². The summed E-state index contributed by atoms with van der Waals surface area (Å²) in [6, 6.07) is 6.47. The SMILES string of the molecule is CC1CN(C)CC(CO)N1c1ccc2c(c1)OCO2. The van der Waals surface area contributed by atoms with Crippen molar-refractivity contribution < 1.29 is 14.6 Å². The molecule has 0 bridgehead atoms. The lowest BCUT2D eigenvalue weighted by Gasteiger charge is -2.45. The van der Waals surface area contributed by atoms with Crippen molar-refractivity contribution in [1.82, 2.24) is 4.90 Å². The molecule has 0 radical (unpaired) electrons.